The third kappa shape index (κ3) is 7.67. The van der Waals surface area contributed by atoms with Crippen molar-refractivity contribution in [3.8, 4) is 5.75 Å². The molecule has 10 nitrogen and oxygen atoms in total. The van der Waals surface area contributed by atoms with Gasteiger partial charge in [-0.25, -0.2) is 21.6 Å². The largest absolute Gasteiger partial charge is 0.508 e. The number of hydrogen-bond donors (Lipinski definition) is 2. The summed E-state index contributed by atoms with van der Waals surface area (Å²) >= 11 is 0. The first-order valence-corrected chi connectivity index (χ1v) is 15.3. The van der Waals surface area contributed by atoms with Crippen molar-refractivity contribution in [2.75, 3.05) is 24.6 Å². The zero-order valence-electron chi connectivity index (χ0n) is 20.9. The molecule has 1 aliphatic heterocycles. The molecule has 0 spiro atoms. The standard InChI is InChI=1S/C25H34N2O8S2/c1-19(2)16-27(37(33,34)23-10-8-22(28)9-11-23)24(21-13-15-36(31,32)18-21)12-14-26(25(29)35-30)17-20-6-4-3-5-7-20/h3-11,19,21,24,28,30H,12-18H2,1-2H3/t21?,24-/m0/s1. The highest BCUT2D eigenvalue weighted by Gasteiger charge is 2.41. The van der Waals surface area contributed by atoms with Crippen molar-refractivity contribution in [1.82, 2.24) is 9.21 Å². The van der Waals surface area contributed by atoms with E-state index in [0.29, 0.717) is 6.42 Å². The second kappa shape index (κ2) is 12.2. The van der Waals surface area contributed by atoms with E-state index in [1.54, 1.807) is 24.3 Å². The SMILES string of the molecule is CC(C)CN([C@@H](CCN(Cc1ccccc1)C(=O)OO)C1CCS(=O)(=O)C1)S(=O)(=O)c1ccc(O)cc1. The molecular formula is C25H34N2O8S2. The molecular weight excluding hydrogens is 520 g/mol. The summed E-state index contributed by atoms with van der Waals surface area (Å²) in [7, 11) is -7.40. The van der Waals surface area contributed by atoms with Crippen LogP contribution in [0.25, 0.3) is 0 Å². The average Bonchev–Trinajstić information content (AvgIpc) is 3.22. The van der Waals surface area contributed by atoms with Gasteiger partial charge in [-0.15, -0.1) is 0 Å². The molecule has 204 valence electrons. The van der Waals surface area contributed by atoms with Crippen molar-refractivity contribution >= 4 is 26.0 Å². The first-order valence-electron chi connectivity index (χ1n) is 12.1. The van der Waals surface area contributed by atoms with E-state index in [1.165, 1.54) is 33.5 Å². The number of carbonyl (C=O) groups excluding carboxylic acids is 1. The van der Waals surface area contributed by atoms with Crippen molar-refractivity contribution in [3.63, 3.8) is 0 Å². The fourth-order valence-corrected chi connectivity index (χ4v) is 8.40. The maximum Gasteiger partial charge on any atom is 0.441 e. The van der Waals surface area contributed by atoms with Gasteiger partial charge in [-0.3, -0.25) is 4.89 Å². The first-order chi connectivity index (χ1) is 17.4. The summed E-state index contributed by atoms with van der Waals surface area (Å²) in [5.74, 6) is -0.808. The van der Waals surface area contributed by atoms with Gasteiger partial charge in [-0.05, 0) is 54.5 Å². The molecule has 1 aliphatic rings. The lowest BCUT2D eigenvalue weighted by molar-refractivity contribution is -0.188. The van der Waals surface area contributed by atoms with Gasteiger partial charge in [0, 0.05) is 25.7 Å². The van der Waals surface area contributed by atoms with Crippen LogP contribution in [0.3, 0.4) is 0 Å². The van der Waals surface area contributed by atoms with Crippen LogP contribution in [0.4, 0.5) is 4.79 Å². The number of sulfone groups is 1. The van der Waals surface area contributed by atoms with E-state index < -0.39 is 37.9 Å². The van der Waals surface area contributed by atoms with E-state index in [9.17, 15) is 26.7 Å². The molecule has 1 unspecified atom stereocenters. The van der Waals surface area contributed by atoms with Gasteiger partial charge in [-0.2, -0.15) is 9.56 Å². The van der Waals surface area contributed by atoms with Crippen LogP contribution in [0.5, 0.6) is 5.75 Å². The fraction of sp³-hybridized carbons (Fsp3) is 0.480. The Morgan fingerprint density at radius 2 is 1.76 bits per heavy atom. The molecule has 0 aromatic heterocycles. The normalized spacial score (nSPS) is 18.1. The lowest BCUT2D eigenvalue weighted by Gasteiger charge is -2.36. The fourth-order valence-electron chi connectivity index (χ4n) is 4.65. The van der Waals surface area contributed by atoms with Crippen LogP contribution in [0.1, 0.15) is 32.3 Å². The van der Waals surface area contributed by atoms with Gasteiger partial charge in [0.2, 0.25) is 10.0 Å². The molecule has 0 saturated carbocycles. The van der Waals surface area contributed by atoms with Crippen LogP contribution >= 0.6 is 0 Å². The molecule has 37 heavy (non-hydrogen) atoms. The third-order valence-electron chi connectivity index (χ3n) is 6.42. The maximum absolute atomic E-state index is 13.8. The van der Waals surface area contributed by atoms with E-state index in [1.807, 2.05) is 19.9 Å². The quantitative estimate of drug-likeness (QED) is 0.318. The highest BCUT2D eigenvalue weighted by molar-refractivity contribution is 7.91. The molecule has 2 atom stereocenters. The van der Waals surface area contributed by atoms with Crippen LogP contribution in [0, 0.1) is 11.8 Å². The van der Waals surface area contributed by atoms with Crippen molar-refractivity contribution in [1.29, 1.82) is 0 Å². The van der Waals surface area contributed by atoms with Crippen molar-refractivity contribution in [2.24, 2.45) is 11.8 Å². The molecule has 1 heterocycles. The number of hydrogen-bond acceptors (Lipinski definition) is 8. The number of rotatable bonds is 11. The van der Waals surface area contributed by atoms with E-state index in [4.69, 9.17) is 5.26 Å². The average molecular weight is 555 g/mol. The van der Waals surface area contributed by atoms with Crippen LogP contribution in [0.2, 0.25) is 0 Å². The summed E-state index contributed by atoms with van der Waals surface area (Å²) in [5, 5.41) is 18.7. The zero-order chi connectivity index (χ0) is 27.2. The van der Waals surface area contributed by atoms with Gasteiger partial charge in [-0.1, -0.05) is 44.2 Å². The number of amides is 1. The summed E-state index contributed by atoms with van der Waals surface area (Å²) in [5.41, 5.74) is 0.781. The predicted molar refractivity (Wildman–Crippen MR) is 138 cm³/mol. The Bertz CT molecular complexity index is 1250. The lowest BCUT2D eigenvalue weighted by Crippen LogP contribution is -2.48. The Hall–Kier alpha value is -2.67. The molecule has 1 amide bonds. The second-order valence-electron chi connectivity index (χ2n) is 9.75. The van der Waals surface area contributed by atoms with Gasteiger partial charge < -0.3 is 10.0 Å². The summed E-state index contributed by atoms with van der Waals surface area (Å²) < 4.78 is 53.7. The minimum absolute atomic E-state index is 0.0206. The van der Waals surface area contributed by atoms with Crippen molar-refractivity contribution in [3.05, 3.63) is 60.2 Å². The Morgan fingerprint density at radius 3 is 2.30 bits per heavy atom. The molecule has 2 aromatic carbocycles. The van der Waals surface area contributed by atoms with Gasteiger partial charge in [0.25, 0.3) is 0 Å². The number of phenolic OH excluding ortho intramolecular Hbond substituents is 1. The van der Waals surface area contributed by atoms with Gasteiger partial charge >= 0.3 is 6.09 Å². The van der Waals surface area contributed by atoms with Crippen LogP contribution in [0.15, 0.2) is 59.5 Å². The molecule has 1 fully saturated rings. The van der Waals surface area contributed by atoms with Gasteiger partial charge in [0.05, 0.1) is 16.4 Å². The smallest absolute Gasteiger partial charge is 0.441 e. The first kappa shape index (κ1) is 28.9. The molecule has 0 aliphatic carbocycles. The van der Waals surface area contributed by atoms with Gasteiger partial charge in [0.15, 0.2) is 9.84 Å². The Labute approximate surface area is 218 Å². The molecule has 12 heteroatoms. The minimum Gasteiger partial charge on any atom is -0.508 e. The molecule has 0 radical (unpaired) electrons. The maximum atomic E-state index is 13.8. The third-order valence-corrected chi connectivity index (χ3v) is 10.1. The molecule has 2 N–H and O–H groups in total. The van der Waals surface area contributed by atoms with Crippen LogP contribution in [-0.4, -0.2) is 73.1 Å². The number of sulfonamides is 1. The second-order valence-corrected chi connectivity index (χ2v) is 13.9. The number of nitrogens with zero attached hydrogens (tertiary/aromatic N) is 2. The summed E-state index contributed by atoms with van der Waals surface area (Å²) in [4.78, 5) is 17.6. The number of benzene rings is 2. The van der Waals surface area contributed by atoms with E-state index >= 15 is 0 Å². The molecule has 1 saturated heterocycles. The summed E-state index contributed by atoms with van der Waals surface area (Å²) in [6, 6.07) is 13.5. The minimum atomic E-state index is -4.08. The number of carbonyl (C=O) groups is 1. The van der Waals surface area contributed by atoms with Crippen LogP contribution in [-0.2, 0) is 31.3 Å². The van der Waals surface area contributed by atoms with E-state index in [2.05, 4.69) is 4.89 Å². The monoisotopic (exact) mass is 554 g/mol. The molecule has 2 aromatic rings. The van der Waals surface area contributed by atoms with Crippen LogP contribution < -0.4 is 0 Å². The molecule has 3 rings (SSSR count). The summed E-state index contributed by atoms with van der Waals surface area (Å²) in [6.07, 6.45) is -0.555. The Balaban J connectivity index is 1.97. The summed E-state index contributed by atoms with van der Waals surface area (Å²) in [6.45, 7) is 4.01. The zero-order valence-corrected chi connectivity index (χ0v) is 22.6. The molecule has 0 bridgehead atoms. The highest BCUT2D eigenvalue weighted by Crippen LogP contribution is 2.32. The van der Waals surface area contributed by atoms with E-state index in [0.717, 1.165) is 5.56 Å². The lowest BCUT2D eigenvalue weighted by atomic mass is 9.95. The van der Waals surface area contributed by atoms with Gasteiger partial charge in [0.1, 0.15) is 5.75 Å². The Kier molecular flexibility index (Phi) is 9.57. The Morgan fingerprint density at radius 1 is 1.11 bits per heavy atom. The van der Waals surface area contributed by atoms with E-state index in [-0.39, 0.29) is 54.1 Å². The van der Waals surface area contributed by atoms with Crippen molar-refractivity contribution < 1.29 is 36.9 Å². The predicted octanol–water partition coefficient (Wildman–Crippen LogP) is 3.34. The topological polar surface area (TPSA) is 142 Å². The van der Waals surface area contributed by atoms with Crippen molar-refractivity contribution in [2.45, 2.75) is 44.2 Å². The number of aromatic hydroxyl groups is 1. The number of phenols is 1. The highest BCUT2D eigenvalue weighted by atomic mass is 32.2.